The Labute approximate surface area is 188 Å². The van der Waals surface area contributed by atoms with Gasteiger partial charge in [0, 0.05) is 25.6 Å². The fourth-order valence-corrected chi connectivity index (χ4v) is 3.44. The third-order valence-corrected chi connectivity index (χ3v) is 5.25. The van der Waals surface area contributed by atoms with Crippen molar-refractivity contribution in [1.29, 1.82) is 0 Å². The molecule has 1 saturated carbocycles. The van der Waals surface area contributed by atoms with Crippen LogP contribution in [0.2, 0.25) is 0 Å². The van der Waals surface area contributed by atoms with Gasteiger partial charge in [-0.25, -0.2) is 18.9 Å². The molecule has 1 aliphatic carbocycles. The second-order valence-electron chi connectivity index (χ2n) is 7.37. The molecule has 0 radical (unpaired) electrons. The van der Waals surface area contributed by atoms with E-state index < -0.39 is 6.17 Å². The molecular weight excluding hydrogens is 411 g/mol. The number of fused-ring (bicyclic) bond motifs is 1. The first-order chi connectivity index (χ1) is 15.6. The van der Waals surface area contributed by atoms with Crippen molar-refractivity contribution in [3.63, 3.8) is 0 Å². The molecule has 2 aliphatic rings. The van der Waals surface area contributed by atoms with Crippen molar-refractivity contribution in [3.8, 4) is 22.9 Å². The van der Waals surface area contributed by atoms with Crippen molar-refractivity contribution < 1.29 is 13.9 Å². The van der Waals surface area contributed by atoms with Gasteiger partial charge in [0.2, 0.25) is 0 Å². The number of rotatable bonds is 5. The molecule has 174 valence electrons. The number of nitrogens with one attached hydrogen (secondary N) is 2. The first-order valence-electron chi connectivity index (χ1n) is 11.1. The van der Waals surface area contributed by atoms with Gasteiger partial charge in [-0.1, -0.05) is 13.8 Å². The average Bonchev–Trinajstić information content (AvgIpc) is 3.44. The maximum atomic E-state index is 11.9. The second-order valence-corrected chi connectivity index (χ2v) is 7.37. The Morgan fingerprint density at radius 2 is 1.88 bits per heavy atom. The van der Waals surface area contributed by atoms with E-state index in [1.54, 1.807) is 20.4 Å². The van der Waals surface area contributed by atoms with Crippen molar-refractivity contribution in [3.05, 3.63) is 30.1 Å². The monoisotopic (exact) mass is 444 g/mol. The number of ether oxygens (including phenoxy) is 2. The molecular formula is C23H33FN6O2. The van der Waals surface area contributed by atoms with Crippen LogP contribution in [0.3, 0.4) is 0 Å². The highest BCUT2D eigenvalue weighted by Crippen LogP contribution is 2.43. The van der Waals surface area contributed by atoms with Crippen molar-refractivity contribution in [1.82, 2.24) is 24.9 Å². The van der Waals surface area contributed by atoms with Gasteiger partial charge in [-0.2, -0.15) is 5.10 Å². The molecule has 2 fully saturated rings. The predicted octanol–water partition coefficient (Wildman–Crippen LogP) is 4.07. The minimum absolute atomic E-state index is 0.483. The Morgan fingerprint density at radius 3 is 2.41 bits per heavy atom. The summed E-state index contributed by atoms with van der Waals surface area (Å²) in [5, 5.41) is 10.7. The summed E-state index contributed by atoms with van der Waals surface area (Å²) >= 11 is 0. The van der Waals surface area contributed by atoms with E-state index in [0.29, 0.717) is 30.5 Å². The van der Waals surface area contributed by atoms with Gasteiger partial charge >= 0.3 is 0 Å². The number of hydrogen-bond donors (Lipinski definition) is 2. The maximum absolute atomic E-state index is 11.9. The smallest absolute Gasteiger partial charge is 0.169 e. The lowest BCUT2D eigenvalue weighted by molar-refractivity contribution is 0.361. The Kier molecular flexibility index (Phi) is 8.21. The molecule has 1 atom stereocenters. The third-order valence-electron chi connectivity index (χ3n) is 5.25. The number of nitrogens with zero attached hydrogens (tertiary/aromatic N) is 4. The summed E-state index contributed by atoms with van der Waals surface area (Å²) in [6.45, 7) is 5.43. The molecule has 1 aliphatic heterocycles. The topological polar surface area (TPSA) is 85.6 Å². The van der Waals surface area contributed by atoms with Crippen LogP contribution in [0.5, 0.6) is 11.5 Å². The van der Waals surface area contributed by atoms with E-state index in [1.165, 1.54) is 0 Å². The van der Waals surface area contributed by atoms with Crippen LogP contribution in [0.1, 0.15) is 44.7 Å². The fraction of sp³-hybridized carbons (Fsp3) is 0.522. The summed E-state index contributed by atoms with van der Waals surface area (Å²) in [6, 6.07) is 5.73. The lowest BCUT2D eigenvalue weighted by Gasteiger charge is -2.10. The van der Waals surface area contributed by atoms with E-state index >= 15 is 0 Å². The number of pyridine rings is 1. The number of imidazole rings is 1. The van der Waals surface area contributed by atoms with Crippen LogP contribution < -0.4 is 20.1 Å². The molecule has 3 aromatic rings. The van der Waals surface area contributed by atoms with E-state index in [1.807, 2.05) is 43.6 Å². The van der Waals surface area contributed by atoms with Crippen LogP contribution in [0.15, 0.2) is 24.4 Å². The Hall–Kier alpha value is -2.94. The van der Waals surface area contributed by atoms with E-state index in [2.05, 4.69) is 20.6 Å². The largest absolute Gasteiger partial charge is 0.495 e. The number of alkyl halides is 1. The lowest BCUT2D eigenvalue weighted by Crippen LogP contribution is -2.08. The van der Waals surface area contributed by atoms with Gasteiger partial charge in [0.25, 0.3) is 0 Å². The first kappa shape index (κ1) is 23.7. The third kappa shape index (κ3) is 5.27. The molecule has 1 unspecified atom stereocenters. The summed E-state index contributed by atoms with van der Waals surface area (Å²) in [5.74, 6) is 2.67. The van der Waals surface area contributed by atoms with Gasteiger partial charge in [-0.05, 0) is 37.9 Å². The second kappa shape index (κ2) is 11.1. The van der Waals surface area contributed by atoms with Gasteiger partial charge in [0.05, 0.1) is 26.1 Å². The van der Waals surface area contributed by atoms with Crippen molar-refractivity contribution in [2.24, 2.45) is 0 Å². The molecule has 0 spiro atoms. The SMILES string of the molecule is CC.CNc1nc(-c2cnc3cc(OC)c(C4CC4)nn23)ccc1OC.FC1CCNC1. The molecule has 3 aromatic heterocycles. The van der Waals surface area contributed by atoms with Crippen molar-refractivity contribution in [2.45, 2.75) is 45.2 Å². The summed E-state index contributed by atoms with van der Waals surface area (Å²) in [7, 11) is 5.12. The average molecular weight is 445 g/mol. The van der Waals surface area contributed by atoms with Crippen LogP contribution in [0, 0.1) is 0 Å². The standard InChI is InChI=1S/C17H19N5O2.C4H8FN.C2H6/c1-18-17-13(23-2)7-6-11(20-17)12-9-19-15-8-14(24-3)16(10-4-5-10)21-22(12)15;5-4-1-2-6-3-4;1-2/h6-10H,4-5H2,1-3H3,(H,18,20);4,6H,1-3H2;1-2H3. The van der Waals surface area contributed by atoms with Crippen LogP contribution >= 0.6 is 0 Å². The first-order valence-corrected chi connectivity index (χ1v) is 11.1. The van der Waals surface area contributed by atoms with Gasteiger partial charge < -0.3 is 20.1 Å². The summed E-state index contributed by atoms with van der Waals surface area (Å²) < 4.78 is 24.5. The van der Waals surface area contributed by atoms with Crippen molar-refractivity contribution >= 4 is 11.5 Å². The maximum Gasteiger partial charge on any atom is 0.169 e. The Balaban J connectivity index is 0.000000309. The van der Waals surface area contributed by atoms with Crippen molar-refractivity contribution in [2.75, 3.05) is 39.7 Å². The zero-order valence-electron chi connectivity index (χ0n) is 19.5. The van der Waals surface area contributed by atoms with E-state index in [0.717, 1.165) is 47.9 Å². The van der Waals surface area contributed by atoms with E-state index in [4.69, 9.17) is 14.6 Å². The minimum Gasteiger partial charge on any atom is -0.495 e. The Morgan fingerprint density at radius 1 is 1.12 bits per heavy atom. The summed E-state index contributed by atoms with van der Waals surface area (Å²) in [5.41, 5.74) is 3.36. The highest BCUT2D eigenvalue weighted by Gasteiger charge is 2.29. The van der Waals surface area contributed by atoms with Crippen LogP contribution in [0.25, 0.3) is 17.0 Å². The van der Waals surface area contributed by atoms with Crippen LogP contribution in [-0.4, -0.2) is 60.1 Å². The fourth-order valence-electron chi connectivity index (χ4n) is 3.44. The minimum atomic E-state index is -0.565. The molecule has 8 nitrogen and oxygen atoms in total. The molecule has 0 aromatic carbocycles. The number of aromatic nitrogens is 4. The van der Waals surface area contributed by atoms with E-state index in [-0.39, 0.29) is 0 Å². The predicted molar refractivity (Wildman–Crippen MR) is 125 cm³/mol. The normalized spacial score (nSPS) is 17.1. The number of hydrogen-bond acceptors (Lipinski definition) is 7. The van der Waals surface area contributed by atoms with Gasteiger partial charge in [0.1, 0.15) is 23.3 Å². The summed E-state index contributed by atoms with van der Waals surface area (Å²) in [4.78, 5) is 9.07. The molecule has 32 heavy (non-hydrogen) atoms. The molecule has 5 rings (SSSR count). The molecule has 9 heteroatoms. The summed E-state index contributed by atoms with van der Waals surface area (Å²) in [6.07, 6.45) is 4.24. The zero-order chi connectivity index (χ0) is 23.1. The van der Waals surface area contributed by atoms with Gasteiger partial charge in [-0.3, -0.25) is 0 Å². The number of halogens is 1. The van der Waals surface area contributed by atoms with Crippen LogP contribution in [0.4, 0.5) is 10.2 Å². The molecule has 4 heterocycles. The van der Waals surface area contributed by atoms with Crippen LogP contribution in [-0.2, 0) is 0 Å². The molecule has 0 bridgehead atoms. The highest BCUT2D eigenvalue weighted by atomic mass is 19.1. The Bertz CT molecular complexity index is 1020. The number of anilines is 1. The highest BCUT2D eigenvalue weighted by molar-refractivity contribution is 5.65. The molecule has 0 amide bonds. The van der Waals surface area contributed by atoms with Gasteiger partial charge in [-0.15, -0.1) is 0 Å². The quantitative estimate of drug-likeness (QED) is 0.613. The van der Waals surface area contributed by atoms with Gasteiger partial charge in [0.15, 0.2) is 17.2 Å². The molecule has 2 N–H and O–H groups in total. The molecule has 1 saturated heterocycles. The lowest BCUT2D eigenvalue weighted by atomic mass is 10.2. The zero-order valence-corrected chi connectivity index (χ0v) is 19.5. The van der Waals surface area contributed by atoms with E-state index in [9.17, 15) is 4.39 Å². The number of methoxy groups -OCH3 is 2.